The van der Waals surface area contributed by atoms with Gasteiger partial charge in [-0.2, -0.15) is 0 Å². The first-order valence-corrected chi connectivity index (χ1v) is 14.2. The van der Waals surface area contributed by atoms with Gasteiger partial charge in [0.1, 0.15) is 18.2 Å². The number of fused-ring (bicyclic) bond motifs is 3. The molecule has 8 heteroatoms. The van der Waals surface area contributed by atoms with E-state index in [-0.39, 0.29) is 17.9 Å². The Morgan fingerprint density at radius 3 is 2.68 bits per heavy atom. The first-order valence-electron chi connectivity index (χ1n) is 14.2. The molecule has 200 valence electrons. The Hall–Kier alpha value is -2.97. The molecule has 0 radical (unpaired) electrons. The Morgan fingerprint density at radius 1 is 1.13 bits per heavy atom. The molecular formula is C30H36N4O4. The van der Waals surface area contributed by atoms with Crippen LogP contribution in [0.1, 0.15) is 61.6 Å². The molecule has 4 heterocycles. The highest BCUT2D eigenvalue weighted by molar-refractivity contribution is 6.06. The van der Waals surface area contributed by atoms with E-state index in [4.69, 9.17) is 4.74 Å². The van der Waals surface area contributed by atoms with E-state index in [0.29, 0.717) is 38.2 Å². The number of hydrogen-bond acceptors (Lipinski definition) is 6. The Bertz CT molecular complexity index is 1290. The van der Waals surface area contributed by atoms with E-state index >= 15 is 0 Å². The second kappa shape index (κ2) is 8.78. The third kappa shape index (κ3) is 3.92. The van der Waals surface area contributed by atoms with E-state index in [1.165, 1.54) is 5.56 Å². The van der Waals surface area contributed by atoms with Crippen molar-refractivity contribution in [2.24, 2.45) is 5.92 Å². The molecule has 8 nitrogen and oxygen atoms in total. The minimum absolute atomic E-state index is 0.0478. The first kappa shape index (κ1) is 24.1. The van der Waals surface area contributed by atoms with E-state index in [0.717, 1.165) is 73.7 Å². The standard InChI is InChI=1S/C30H36N4O4/c1-19-2-6-25-24(14-19)29(28(36)32-25)8-10-33(11-9-29)12-13-38-23-15-20-3-7-26(35)34(27(20)31-18-23)22-16-30(37,17-22)21-4-5-21/h2,6,14-15,18,21-22,37H,3-5,7-13,16-17H2,1H3,(H,32,36)/t22-,30-. The summed E-state index contributed by atoms with van der Waals surface area (Å²) in [6.45, 7) is 5.14. The fourth-order valence-corrected chi connectivity index (χ4v) is 7.19. The van der Waals surface area contributed by atoms with Gasteiger partial charge in [0.2, 0.25) is 11.8 Å². The summed E-state index contributed by atoms with van der Waals surface area (Å²) in [6, 6.07) is 8.33. The summed E-state index contributed by atoms with van der Waals surface area (Å²) in [5.74, 6) is 2.14. The van der Waals surface area contributed by atoms with Crippen molar-refractivity contribution in [3.05, 3.63) is 47.2 Å². The molecule has 2 N–H and O–H groups in total. The van der Waals surface area contributed by atoms with Gasteiger partial charge >= 0.3 is 0 Å². The minimum atomic E-state index is -0.580. The van der Waals surface area contributed by atoms with Crippen molar-refractivity contribution in [2.75, 3.05) is 36.5 Å². The molecule has 38 heavy (non-hydrogen) atoms. The number of aliphatic hydroxyl groups is 1. The van der Waals surface area contributed by atoms with Gasteiger partial charge in [-0.05, 0) is 94.1 Å². The van der Waals surface area contributed by atoms with Gasteiger partial charge in [0.15, 0.2) is 0 Å². The van der Waals surface area contributed by atoms with Crippen LogP contribution in [0, 0.1) is 12.8 Å². The average molecular weight is 517 g/mol. The lowest BCUT2D eigenvalue weighted by Crippen LogP contribution is -2.59. The predicted molar refractivity (Wildman–Crippen MR) is 143 cm³/mol. The van der Waals surface area contributed by atoms with Crippen molar-refractivity contribution in [3.8, 4) is 5.75 Å². The summed E-state index contributed by atoms with van der Waals surface area (Å²) in [6.07, 6.45) is 8.03. The zero-order chi connectivity index (χ0) is 26.1. The second-order valence-corrected chi connectivity index (χ2v) is 12.1. The van der Waals surface area contributed by atoms with Gasteiger partial charge in [0, 0.05) is 24.7 Å². The van der Waals surface area contributed by atoms with Crippen molar-refractivity contribution >= 4 is 23.3 Å². The summed E-state index contributed by atoms with van der Waals surface area (Å²) in [5.41, 5.74) is 3.38. The monoisotopic (exact) mass is 516 g/mol. The molecule has 1 aromatic carbocycles. The maximum absolute atomic E-state index is 12.9. The number of rotatable bonds is 6. The van der Waals surface area contributed by atoms with Gasteiger partial charge in [-0.25, -0.2) is 4.98 Å². The molecule has 7 rings (SSSR count). The number of aryl methyl sites for hydroxylation is 2. The number of nitrogens with one attached hydrogen (secondary N) is 1. The molecule has 3 aliphatic heterocycles. The summed E-state index contributed by atoms with van der Waals surface area (Å²) in [7, 11) is 0. The van der Waals surface area contributed by atoms with Crippen molar-refractivity contribution < 1.29 is 19.4 Å². The molecule has 0 atom stereocenters. The second-order valence-electron chi connectivity index (χ2n) is 12.1. The van der Waals surface area contributed by atoms with Crippen molar-refractivity contribution in [3.63, 3.8) is 0 Å². The van der Waals surface area contributed by atoms with Crippen LogP contribution in [0.2, 0.25) is 0 Å². The molecule has 5 aliphatic rings. The van der Waals surface area contributed by atoms with Gasteiger partial charge in [0.05, 0.1) is 17.2 Å². The zero-order valence-electron chi connectivity index (χ0n) is 22.0. The molecule has 2 amide bonds. The van der Waals surface area contributed by atoms with Gasteiger partial charge in [0.25, 0.3) is 0 Å². The highest BCUT2D eigenvalue weighted by Crippen LogP contribution is 2.52. The average Bonchev–Trinajstić information content (AvgIpc) is 3.71. The van der Waals surface area contributed by atoms with Crippen LogP contribution in [-0.4, -0.2) is 64.7 Å². The number of benzene rings is 1. The number of pyridine rings is 1. The molecule has 2 aliphatic carbocycles. The summed E-state index contributed by atoms with van der Waals surface area (Å²) in [4.78, 5) is 34.5. The van der Waals surface area contributed by atoms with Crippen LogP contribution in [0.15, 0.2) is 30.5 Å². The van der Waals surface area contributed by atoms with E-state index in [1.807, 2.05) is 17.0 Å². The molecule has 3 fully saturated rings. The number of nitrogens with zero attached hydrogens (tertiary/aromatic N) is 3. The number of hydrogen-bond donors (Lipinski definition) is 2. The lowest BCUT2D eigenvalue weighted by atomic mass is 9.71. The summed E-state index contributed by atoms with van der Waals surface area (Å²) < 4.78 is 6.09. The number of anilines is 2. The van der Waals surface area contributed by atoms with Crippen LogP contribution in [0.5, 0.6) is 5.75 Å². The Morgan fingerprint density at radius 2 is 1.92 bits per heavy atom. The normalized spacial score (nSPS) is 28.1. The summed E-state index contributed by atoms with van der Waals surface area (Å²) in [5, 5.41) is 13.9. The van der Waals surface area contributed by atoms with Gasteiger partial charge in [-0.3, -0.25) is 19.4 Å². The van der Waals surface area contributed by atoms with Crippen molar-refractivity contribution in [2.45, 2.75) is 75.3 Å². The Kier molecular flexibility index (Phi) is 5.57. The maximum Gasteiger partial charge on any atom is 0.235 e. The number of carbonyl (C=O) groups excluding carboxylic acids is 2. The minimum Gasteiger partial charge on any atom is -0.491 e. The van der Waals surface area contributed by atoms with Crippen molar-refractivity contribution in [1.29, 1.82) is 0 Å². The highest BCUT2D eigenvalue weighted by atomic mass is 16.5. The maximum atomic E-state index is 12.9. The number of aromatic nitrogens is 1. The molecule has 1 aromatic heterocycles. The van der Waals surface area contributed by atoms with Crippen LogP contribution in [-0.2, 0) is 21.4 Å². The van der Waals surface area contributed by atoms with Gasteiger partial charge in [-0.15, -0.1) is 0 Å². The molecule has 2 aromatic rings. The zero-order valence-corrected chi connectivity index (χ0v) is 22.0. The van der Waals surface area contributed by atoms with Crippen LogP contribution < -0.4 is 15.0 Å². The predicted octanol–water partition coefficient (Wildman–Crippen LogP) is 3.34. The number of piperidine rings is 1. The molecule has 0 unspecified atom stereocenters. The van der Waals surface area contributed by atoms with Crippen LogP contribution in [0.3, 0.4) is 0 Å². The quantitative estimate of drug-likeness (QED) is 0.612. The SMILES string of the molecule is Cc1ccc2c(c1)C1(CCN(CCOc3cnc4c(c3)CCC(=O)N4[C@H]3C[C@@](O)(C4CC4)C3)CC1)C(=O)N2. The third-order valence-corrected chi connectivity index (χ3v) is 9.66. The molecule has 1 saturated heterocycles. The summed E-state index contributed by atoms with van der Waals surface area (Å²) >= 11 is 0. The molecule has 2 saturated carbocycles. The topological polar surface area (TPSA) is 95.0 Å². The number of likely N-dealkylation sites (tertiary alicyclic amines) is 1. The molecular weight excluding hydrogens is 480 g/mol. The van der Waals surface area contributed by atoms with Crippen LogP contribution in [0.25, 0.3) is 0 Å². The van der Waals surface area contributed by atoms with Crippen LogP contribution in [0.4, 0.5) is 11.5 Å². The van der Waals surface area contributed by atoms with Crippen LogP contribution >= 0.6 is 0 Å². The number of carbonyl (C=O) groups is 2. The van der Waals surface area contributed by atoms with E-state index in [9.17, 15) is 14.7 Å². The van der Waals surface area contributed by atoms with Crippen molar-refractivity contribution in [1.82, 2.24) is 9.88 Å². The fraction of sp³-hybridized carbons (Fsp3) is 0.567. The fourth-order valence-electron chi connectivity index (χ4n) is 7.19. The number of ether oxygens (including phenoxy) is 1. The first-order chi connectivity index (χ1) is 18.3. The van der Waals surface area contributed by atoms with E-state index < -0.39 is 11.0 Å². The smallest absolute Gasteiger partial charge is 0.235 e. The van der Waals surface area contributed by atoms with Gasteiger partial charge in [-0.1, -0.05) is 17.7 Å². The Balaban J connectivity index is 0.949. The Labute approximate surface area is 223 Å². The van der Waals surface area contributed by atoms with E-state index in [1.54, 1.807) is 6.20 Å². The highest BCUT2D eigenvalue weighted by Gasteiger charge is 2.55. The van der Waals surface area contributed by atoms with Gasteiger partial charge < -0.3 is 15.2 Å². The molecule has 0 bridgehead atoms. The largest absolute Gasteiger partial charge is 0.491 e. The third-order valence-electron chi connectivity index (χ3n) is 9.66. The lowest BCUT2D eigenvalue weighted by molar-refractivity contribution is -0.123. The molecule has 1 spiro atoms. The van der Waals surface area contributed by atoms with E-state index in [2.05, 4.69) is 34.3 Å². The lowest BCUT2D eigenvalue weighted by Gasteiger charge is -2.49. The number of amides is 2.